The van der Waals surface area contributed by atoms with Gasteiger partial charge in [-0.3, -0.25) is 0 Å². The van der Waals surface area contributed by atoms with E-state index in [4.69, 9.17) is 6.42 Å². The number of aromatic hydroxyl groups is 1. The highest BCUT2D eigenvalue weighted by Crippen LogP contribution is 2.54. The minimum atomic E-state index is -0.965. The molecule has 0 bridgehead atoms. The summed E-state index contributed by atoms with van der Waals surface area (Å²) in [6.07, 6.45) is 10.5. The molecule has 1 aromatic rings. The van der Waals surface area contributed by atoms with Crippen LogP contribution in [0.3, 0.4) is 0 Å². The van der Waals surface area contributed by atoms with E-state index in [9.17, 15) is 10.2 Å². The van der Waals surface area contributed by atoms with Gasteiger partial charge < -0.3 is 10.2 Å². The Balaban J connectivity index is 1.84. The molecule has 0 saturated heterocycles. The first-order valence-electron chi connectivity index (χ1n) is 7.88. The molecule has 0 heterocycles. The number of fused-ring (bicyclic) bond motifs is 1. The van der Waals surface area contributed by atoms with Crippen molar-refractivity contribution < 1.29 is 10.2 Å². The summed E-state index contributed by atoms with van der Waals surface area (Å²) in [6, 6.07) is 5.72. The molecule has 0 aliphatic heterocycles. The Kier molecular flexibility index (Phi) is 3.30. The van der Waals surface area contributed by atoms with E-state index in [0.717, 1.165) is 25.7 Å². The predicted molar refractivity (Wildman–Crippen MR) is 83.9 cm³/mol. The van der Waals surface area contributed by atoms with Gasteiger partial charge in [0, 0.05) is 5.41 Å². The average Bonchev–Trinajstić information content (AvgIpc) is 2.70. The molecule has 2 heteroatoms. The number of aryl methyl sites for hydroxylation is 1. The third-order valence-corrected chi connectivity index (χ3v) is 6.07. The van der Waals surface area contributed by atoms with Crippen molar-refractivity contribution in [1.29, 1.82) is 0 Å². The zero-order chi connectivity index (χ0) is 15.3. The summed E-state index contributed by atoms with van der Waals surface area (Å²) in [5.74, 6) is 4.03. The molecule has 0 spiro atoms. The molecule has 2 unspecified atom stereocenters. The molecule has 21 heavy (non-hydrogen) atoms. The smallest absolute Gasteiger partial charge is 0.130 e. The lowest BCUT2D eigenvalue weighted by Gasteiger charge is -2.41. The van der Waals surface area contributed by atoms with Crippen molar-refractivity contribution >= 4 is 0 Å². The van der Waals surface area contributed by atoms with Gasteiger partial charge in [0.2, 0.25) is 0 Å². The third kappa shape index (κ3) is 2.15. The number of rotatable bonds is 1. The molecule has 0 radical (unpaired) electrons. The van der Waals surface area contributed by atoms with Crippen LogP contribution >= 0.6 is 0 Å². The Morgan fingerprint density at radius 3 is 2.67 bits per heavy atom. The molecular weight excluding hydrogens is 260 g/mol. The first-order valence-corrected chi connectivity index (χ1v) is 7.88. The van der Waals surface area contributed by atoms with E-state index in [-0.39, 0.29) is 5.41 Å². The molecule has 1 aromatic carbocycles. The molecule has 2 nitrogen and oxygen atoms in total. The number of hydrogen-bond donors (Lipinski definition) is 2. The molecular formula is C19H24O2. The zero-order valence-corrected chi connectivity index (χ0v) is 12.9. The Bertz CT molecular complexity index is 596. The van der Waals surface area contributed by atoms with Gasteiger partial charge in [-0.15, -0.1) is 6.42 Å². The average molecular weight is 284 g/mol. The molecule has 112 valence electrons. The van der Waals surface area contributed by atoms with E-state index in [1.165, 1.54) is 11.1 Å². The fraction of sp³-hybridized carbons (Fsp3) is 0.579. The van der Waals surface area contributed by atoms with Crippen LogP contribution in [0.2, 0.25) is 0 Å². The molecule has 0 aromatic heterocycles. The van der Waals surface area contributed by atoms with Gasteiger partial charge >= 0.3 is 0 Å². The standard InChI is InChI=1S/C19H24O2/c1-4-19(21)10-9-17(18(19,2)3)15-6-5-14-12-16(20)8-7-13(14)11-15/h1,7-8,12,15,17,20-21H,5-6,9-11H2,2-3H3/t15?,17?,19-/m0/s1. The third-order valence-electron chi connectivity index (χ3n) is 6.07. The normalized spacial score (nSPS) is 34.2. The molecule has 0 amide bonds. The summed E-state index contributed by atoms with van der Waals surface area (Å²) in [4.78, 5) is 0. The van der Waals surface area contributed by atoms with Crippen molar-refractivity contribution in [3.8, 4) is 18.1 Å². The van der Waals surface area contributed by atoms with Gasteiger partial charge in [0.15, 0.2) is 0 Å². The summed E-state index contributed by atoms with van der Waals surface area (Å²) >= 11 is 0. The maximum Gasteiger partial charge on any atom is 0.130 e. The number of terminal acetylenes is 1. The van der Waals surface area contributed by atoms with E-state index in [0.29, 0.717) is 24.0 Å². The van der Waals surface area contributed by atoms with Crippen molar-refractivity contribution in [3.05, 3.63) is 29.3 Å². The number of benzene rings is 1. The lowest BCUT2D eigenvalue weighted by molar-refractivity contribution is -0.0215. The molecule has 2 N–H and O–H groups in total. The summed E-state index contributed by atoms with van der Waals surface area (Å²) in [6.45, 7) is 4.24. The summed E-state index contributed by atoms with van der Waals surface area (Å²) in [7, 11) is 0. The van der Waals surface area contributed by atoms with Gasteiger partial charge in [0.05, 0.1) is 0 Å². The first kappa shape index (κ1) is 14.5. The fourth-order valence-corrected chi connectivity index (χ4v) is 4.55. The first-order chi connectivity index (χ1) is 9.87. The second-order valence-electron chi connectivity index (χ2n) is 7.33. The summed E-state index contributed by atoms with van der Waals surface area (Å²) in [5, 5.41) is 20.3. The minimum absolute atomic E-state index is 0.235. The van der Waals surface area contributed by atoms with E-state index >= 15 is 0 Å². The summed E-state index contributed by atoms with van der Waals surface area (Å²) in [5.41, 5.74) is 1.42. The van der Waals surface area contributed by atoms with Gasteiger partial charge in [-0.25, -0.2) is 0 Å². The zero-order valence-electron chi connectivity index (χ0n) is 12.9. The van der Waals surface area contributed by atoms with Crippen molar-refractivity contribution in [2.75, 3.05) is 0 Å². The van der Waals surface area contributed by atoms with Gasteiger partial charge in [-0.2, -0.15) is 0 Å². The van der Waals surface area contributed by atoms with Gasteiger partial charge in [0.1, 0.15) is 11.4 Å². The van der Waals surface area contributed by atoms with Crippen LogP contribution in [0.4, 0.5) is 0 Å². The highest BCUT2D eigenvalue weighted by molar-refractivity contribution is 5.37. The van der Waals surface area contributed by atoms with E-state index in [2.05, 4.69) is 19.8 Å². The van der Waals surface area contributed by atoms with Crippen LogP contribution in [-0.4, -0.2) is 15.8 Å². The molecule has 2 aliphatic carbocycles. The minimum Gasteiger partial charge on any atom is -0.508 e. The SMILES string of the molecule is C#C[C@]1(O)CCC(C2CCc3cc(O)ccc3C2)C1(C)C. The van der Waals surface area contributed by atoms with Crippen LogP contribution in [-0.2, 0) is 12.8 Å². The number of phenolic OH excluding ortho intramolecular Hbond substituents is 1. The van der Waals surface area contributed by atoms with Crippen LogP contribution in [0.15, 0.2) is 18.2 Å². The maximum absolute atomic E-state index is 10.7. The van der Waals surface area contributed by atoms with Crippen LogP contribution < -0.4 is 0 Å². The van der Waals surface area contributed by atoms with Gasteiger partial charge in [-0.1, -0.05) is 25.8 Å². The van der Waals surface area contributed by atoms with E-state index < -0.39 is 5.60 Å². The monoisotopic (exact) mass is 284 g/mol. The quantitative estimate of drug-likeness (QED) is 0.777. The van der Waals surface area contributed by atoms with Gasteiger partial charge in [-0.05, 0) is 67.2 Å². The predicted octanol–water partition coefficient (Wildman–Crippen LogP) is 3.30. The lowest BCUT2D eigenvalue weighted by atomic mass is 9.64. The van der Waals surface area contributed by atoms with Crippen molar-refractivity contribution in [2.45, 2.75) is 51.6 Å². The highest BCUT2D eigenvalue weighted by Gasteiger charge is 2.54. The van der Waals surface area contributed by atoms with Crippen molar-refractivity contribution in [3.63, 3.8) is 0 Å². The molecule has 2 aliphatic rings. The Morgan fingerprint density at radius 2 is 2.00 bits per heavy atom. The van der Waals surface area contributed by atoms with Crippen molar-refractivity contribution in [2.24, 2.45) is 17.3 Å². The highest BCUT2D eigenvalue weighted by atomic mass is 16.3. The topological polar surface area (TPSA) is 40.5 Å². The number of aliphatic hydroxyl groups is 1. The fourth-order valence-electron chi connectivity index (χ4n) is 4.55. The Hall–Kier alpha value is -1.46. The largest absolute Gasteiger partial charge is 0.508 e. The summed E-state index contributed by atoms with van der Waals surface area (Å²) < 4.78 is 0. The van der Waals surface area contributed by atoms with Crippen molar-refractivity contribution in [1.82, 2.24) is 0 Å². The van der Waals surface area contributed by atoms with Crippen LogP contribution in [0.1, 0.15) is 44.2 Å². The number of hydrogen-bond acceptors (Lipinski definition) is 2. The van der Waals surface area contributed by atoms with Crippen LogP contribution in [0.5, 0.6) is 5.75 Å². The van der Waals surface area contributed by atoms with Gasteiger partial charge in [0.25, 0.3) is 0 Å². The Labute approximate surface area is 127 Å². The number of phenols is 1. The Morgan fingerprint density at radius 1 is 1.24 bits per heavy atom. The van der Waals surface area contributed by atoms with E-state index in [1.807, 2.05) is 12.1 Å². The molecule has 3 rings (SSSR count). The molecule has 3 atom stereocenters. The maximum atomic E-state index is 10.7. The molecule has 1 saturated carbocycles. The molecule has 1 fully saturated rings. The second-order valence-corrected chi connectivity index (χ2v) is 7.33. The van der Waals surface area contributed by atoms with Crippen LogP contribution in [0, 0.1) is 29.6 Å². The van der Waals surface area contributed by atoms with Crippen LogP contribution in [0.25, 0.3) is 0 Å². The van der Waals surface area contributed by atoms with E-state index in [1.54, 1.807) is 6.07 Å². The second kappa shape index (κ2) is 4.78. The lowest BCUT2D eigenvalue weighted by Crippen LogP contribution is -2.44.